The molecule has 0 saturated carbocycles. The van der Waals surface area contributed by atoms with Crippen LogP contribution in [0.2, 0.25) is 0 Å². The molecule has 0 spiro atoms. The zero-order valence-corrected chi connectivity index (χ0v) is 7.77. The lowest BCUT2D eigenvalue weighted by Gasteiger charge is -1.96. The van der Waals surface area contributed by atoms with Gasteiger partial charge in [-0.15, -0.1) is 0 Å². The minimum absolute atomic E-state index is 0.680. The molecule has 1 radical (unpaired) electrons. The van der Waals surface area contributed by atoms with Gasteiger partial charge in [0.05, 0.1) is 4.91 Å². The van der Waals surface area contributed by atoms with Crippen LogP contribution in [0.1, 0.15) is 11.1 Å². The maximum Gasteiger partial charge on any atom is 0.355 e. The number of hydrogen-bond acceptors (Lipinski definition) is 3. The van der Waals surface area contributed by atoms with Crippen LogP contribution in [0.15, 0.2) is 29.2 Å². The van der Waals surface area contributed by atoms with Gasteiger partial charge in [-0.2, -0.15) is 0 Å². The first-order chi connectivity index (χ1) is 6.34. The number of amidine groups is 1. The highest BCUT2D eigenvalue weighted by Gasteiger charge is 2.32. The van der Waals surface area contributed by atoms with E-state index in [1.165, 1.54) is 16.0 Å². The second-order valence-electron chi connectivity index (χ2n) is 3.16. The topological polar surface area (TPSA) is 40.1 Å². The van der Waals surface area contributed by atoms with Crippen molar-refractivity contribution in [2.75, 3.05) is 0 Å². The summed E-state index contributed by atoms with van der Waals surface area (Å²) >= 11 is 1.60. The van der Waals surface area contributed by atoms with Crippen LogP contribution < -0.4 is 10.7 Å². The van der Waals surface area contributed by atoms with Crippen molar-refractivity contribution in [3.8, 4) is 0 Å². The number of rotatable bonds is 0. The Labute approximate surface area is 80.5 Å². The van der Waals surface area contributed by atoms with Crippen LogP contribution in [0.5, 0.6) is 0 Å². The number of aliphatic imine (C=N–C) groups is 1. The van der Waals surface area contributed by atoms with Gasteiger partial charge in [-0.25, -0.2) is 0 Å². The van der Waals surface area contributed by atoms with Gasteiger partial charge in [-0.1, -0.05) is 24.3 Å². The fourth-order valence-corrected chi connectivity index (χ4v) is 2.65. The standard InChI is InChI=1S/C10H8N2S/c11-10-12-9-7-4-2-1-3-6(7)5-8(9)13-10/h1-4H,5,11H2/q+1. The fraction of sp³-hybridized carbons (Fsp3) is 0.100. The molecule has 0 fully saturated rings. The molecule has 3 rings (SSSR count). The molecule has 0 unspecified atom stereocenters. The minimum atomic E-state index is 0.680. The van der Waals surface area contributed by atoms with Gasteiger partial charge in [0.15, 0.2) is 5.70 Å². The maximum absolute atomic E-state index is 5.65. The average Bonchev–Trinajstić information content (AvgIpc) is 2.60. The van der Waals surface area contributed by atoms with Crippen LogP contribution in [0, 0.1) is 0 Å². The van der Waals surface area contributed by atoms with Crippen LogP contribution in [0.3, 0.4) is 0 Å². The first kappa shape index (κ1) is 7.21. The SMILES string of the molecule is NC1=[N+]C2=C(Cc3ccccc32)S1. The Bertz CT molecular complexity index is 446. The third-order valence-corrected chi connectivity index (χ3v) is 3.22. The molecule has 0 atom stereocenters. The van der Waals surface area contributed by atoms with Crippen LogP contribution in [-0.4, -0.2) is 5.17 Å². The maximum atomic E-state index is 5.65. The molecule has 0 amide bonds. The summed E-state index contributed by atoms with van der Waals surface area (Å²) in [4.78, 5) is 5.63. The summed E-state index contributed by atoms with van der Waals surface area (Å²) < 4.78 is 0. The van der Waals surface area contributed by atoms with E-state index in [1.807, 2.05) is 6.07 Å². The van der Waals surface area contributed by atoms with E-state index in [1.54, 1.807) is 11.8 Å². The summed E-state index contributed by atoms with van der Waals surface area (Å²) in [5.41, 5.74) is 9.38. The van der Waals surface area contributed by atoms with Crippen molar-refractivity contribution < 1.29 is 0 Å². The number of nitrogens with two attached hydrogens (primary N) is 1. The molecule has 1 aromatic rings. The van der Waals surface area contributed by atoms with Gasteiger partial charge in [0.1, 0.15) is 0 Å². The third kappa shape index (κ3) is 0.937. The van der Waals surface area contributed by atoms with Gasteiger partial charge in [0, 0.05) is 23.7 Å². The summed E-state index contributed by atoms with van der Waals surface area (Å²) in [7, 11) is 0. The molecule has 13 heavy (non-hydrogen) atoms. The smallest absolute Gasteiger partial charge is 0.278 e. The molecule has 1 aromatic carbocycles. The predicted molar refractivity (Wildman–Crippen MR) is 56.0 cm³/mol. The Hall–Kier alpha value is -1.22. The van der Waals surface area contributed by atoms with E-state index in [-0.39, 0.29) is 0 Å². The van der Waals surface area contributed by atoms with Gasteiger partial charge in [-0.05, 0) is 10.6 Å². The number of fused-ring (bicyclic) bond motifs is 2. The Morgan fingerprint density at radius 2 is 2.15 bits per heavy atom. The Balaban J connectivity index is 2.18. The van der Waals surface area contributed by atoms with E-state index in [9.17, 15) is 0 Å². The minimum Gasteiger partial charge on any atom is -0.278 e. The quantitative estimate of drug-likeness (QED) is 0.666. The summed E-state index contributed by atoms with van der Waals surface area (Å²) in [6.07, 6.45) is 1.00. The molecule has 0 saturated heterocycles. The number of thioether (sulfide) groups is 1. The fourth-order valence-electron chi connectivity index (χ4n) is 1.78. The van der Waals surface area contributed by atoms with E-state index in [0.29, 0.717) is 5.17 Å². The summed E-state index contributed by atoms with van der Waals surface area (Å²) in [5, 5.41) is 0.680. The molecule has 1 aliphatic heterocycles. The molecule has 3 heteroatoms. The van der Waals surface area contributed by atoms with Gasteiger partial charge in [0.25, 0.3) is 0 Å². The molecule has 0 bridgehead atoms. The van der Waals surface area contributed by atoms with Gasteiger partial charge >= 0.3 is 5.17 Å². The van der Waals surface area contributed by atoms with Crippen LogP contribution in [-0.2, 0) is 6.42 Å². The summed E-state index contributed by atoms with van der Waals surface area (Å²) in [5.74, 6) is 0. The van der Waals surface area contributed by atoms with E-state index < -0.39 is 0 Å². The van der Waals surface area contributed by atoms with Crippen molar-refractivity contribution in [1.82, 2.24) is 4.99 Å². The van der Waals surface area contributed by atoms with Gasteiger partial charge in [0.2, 0.25) is 0 Å². The highest BCUT2D eigenvalue weighted by atomic mass is 32.2. The Kier molecular flexibility index (Phi) is 1.32. The van der Waals surface area contributed by atoms with E-state index >= 15 is 0 Å². The molecule has 0 aromatic heterocycles. The highest BCUT2D eigenvalue weighted by Crippen LogP contribution is 2.39. The predicted octanol–water partition coefficient (Wildman–Crippen LogP) is 1.31. The lowest BCUT2D eigenvalue weighted by molar-refractivity contribution is 1.29. The van der Waals surface area contributed by atoms with Crippen molar-refractivity contribution >= 4 is 22.6 Å². The molecule has 2 nitrogen and oxygen atoms in total. The largest absolute Gasteiger partial charge is 0.355 e. The van der Waals surface area contributed by atoms with Crippen molar-refractivity contribution in [2.45, 2.75) is 6.42 Å². The van der Waals surface area contributed by atoms with E-state index in [4.69, 9.17) is 5.73 Å². The lowest BCUT2D eigenvalue weighted by atomic mass is 10.1. The zero-order valence-electron chi connectivity index (χ0n) is 6.95. The van der Waals surface area contributed by atoms with Gasteiger partial charge < -0.3 is 0 Å². The van der Waals surface area contributed by atoms with Crippen molar-refractivity contribution in [3.63, 3.8) is 0 Å². The van der Waals surface area contributed by atoms with Crippen molar-refractivity contribution in [2.24, 2.45) is 5.73 Å². The van der Waals surface area contributed by atoms with Crippen molar-refractivity contribution in [1.29, 1.82) is 0 Å². The third-order valence-electron chi connectivity index (χ3n) is 2.34. The second-order valence-corrected chi connectivity index (χ2v) is 4.27. The first-order valence-corrected chi connectivity index (χ1v) is 5.00. The van der Waals surface area contributed by atoms with E-state index in [0.717, 1.165) is 12.1 Å². The van der Waals surface area contributed by atoms with Crippen LogP contribution in [0.4, 0.5) is 0 Å². The molecule has 2 N–H and O–H groups in total. The highest BCUT2D eigenvalue weighted by molar-refractivity contribution is 8.17. The molecule has 63 valence electrons. The Morgan fingerprint density at radius 3 is 3.08 bits per heavy atom. The second kappa shape index (κ2) is 2.39. The number of benzene rings is 1. The molecular formula is C10H8N2S+. The van der Waals surface area contributed by atoms with Crippen LogP contribution >= 0.6 is 11.8 Å². The van der Waals surface area contributed by atoms with Crippen LogP contribution in [0.25, 0.3) is 5.70 Å². The van der Waals surface area contributed by atoms with E-state index in [2.05, 4.69) is 23.2 Å². The molecule has 1 aliphatic carbocycles. The monoisotopic (exact) mass is 188 g/mol. The first-order valence-electron chi connectivity index (χ1n) is 4.18. The average molecular weight is 188 g/mol. The number of allylic oxidation sites excluding steroid dienone is 1. The summed E-state index contributed by atoms with van der Waals surface area (Å²) in [6.45, 7) is 0. The van der Waals surface area contributed by atoms with Gasteiger partial charge in [-0.3, -0.25) is 5.73 Å². The summed E-state index contributed by atoms with van der Waals surface area (Å²) in [6, 6.07) is 8.38. The zero-order chi connectivity index (χ0) is 8.84. The molecule has 1 heterocycles. The normalized spacial score (nSPS) is 18.6. The number of nitrogens with zero attached hydrogens (tertiary/aromatic N) is 1. The Morgan fingerprint density at radius 1 is 1.31 bits per heavy atom. The molecule has 2 aliphatic rings. The lowest BCUT2D eigenvalue weighted by Crippen LogP contribution is -2.09. The van der Waals surface area contributed by atoms with Crippen molar-refractivity contribution in [3.05, 3.63) is 40.3 Å². The number of hydrogen-bond donors (Lipinski definition) is 1. The molecular weight excluding hydrogens is 180 g/mol.